The van der Waals surface area contributed by atoms with Crippen LogP contribution in [-0.4, -0.2) is 44.5 Å². The summed E-state index contributed by atoms with van der Waals surface area (Å²) in [7, 11) is 0. The zero-order chi connectivity index (χ0) is 21.5. The van der Waals surface area contributed by atoms with Crippen molar-refractivity contribution in [2.45, 2.75) is 58.0 Å². The molecule has 1 aromatic carbocycles. The van der Waals surface area contributed by atoms with Crippen molar-refractivity contribution in [3.63, 3.8) is 0 Å². The summed E-state index contributed by atoms with van der Waals surface area (Å²) in [5.41, 5.74) is 3.18. The second-order valence-corrected chi connectivity index (χ2v) is 9.94. The molecular weight excluding hydrogens is 404 g/mol. The maximum atomic E-state index is 7.72. The molecule has 31 heavy (non-hydrogen) atoms. The summed E-state index contributed by atoms with van der Waals surface area (Å²) >= 11 is 4.65. The number of thiol groups is 1. The van der Waals surface area contributed by atoms with Gasteiger partial charge in [0.25, 0.3) is 0 Å². The highest BCUT2D eigenvalue weighted by Gasteiger charge is 2.43. The molecular formula is C24H32N6S. The zero-order valence-electron chi connectivity index (χ0n) is 18.4. The third kappa shape index (κ3) is 4.12. The first-order chi connectivity index (χ1) is 15.0. The van der Waals surface area contributed by atoms with Crippen LogP contribution in [0.2, 0.25) is 0 Å². The number of anilines is 1. The highest BCUT2D eigenvalue weighted by molar-refractivity contribution is 7.84. The van der Waals surface area contributed by atoms with E-state index in [9.17, 15) is 0 Å². The molecule has 2 aliphatic heterocycles. The highest BCUT2D eigenvalue weighted by Crippen LogP contribution is 2.40. The lowest BCUT2D eigenvalue weighted by Crippen LogP contribution is -2.47. The molecule has 1 aliphatic carbocycles. The van der Waals surface area contributed by atoms with Crippen molar-refractivity contribution in [1.29, 1.82) is 5.41 Å². The van der Waals surface area contributed by atoms with Crippen molar-refractivity contribution in [2.24, 2.45) is 11.8 Å². The second kappa shape index (κ2) is 8.34. The molecule has 0 amide bonds. The fourth-order valence-corrected chi connectivity index (χ4v) is 5.96. The third-order valence-corrected chi connectivity index (χ3v) is 7.57. The van der Waals surface area contributed by atoms with Gasteiger partial charge in [-0.2, -0.15) is 4.98 Å². The molecule has 2 N–H and O–H groups in total. The lowest BCUT2D eigenvalue weighted by molar-refractivity contribution is 0.205. The van der Waals surface area contributed by atoms with Crippen LogP contribution in [0.4, 0.5) is 5.95 Å². The third-order valence-electron chi connectivity index (χ3n) is 7.15. The molecule has 1 saturated carbocycles. The standard InChI is InChI=1S/C24H32N6S/c1-15-5-7-17(8-6-15)20-4-3-11-30-23(20)27-24(28-30)26-22-18-9-10-19(22)14-29(13-18)21(31)12-16(2)25/h5-8,12,18-20,22,25,31H,3-4,9-11,13-14H2,1-2H3,(H,26,28)/b21-12-,25-16?/t18-,19?,20?,22-/m0/s1. The molecule has 3 aliphatic rings. The number of hydrogen-bond acceptors (Lipinski definition) is 6. The Balaban J connectivity index is 1.32. The number of fused-ring (bicyclic) bond motifs is 3. The van der Waals surface area contributed by atoms with E-state index in [-0.39, 0.29) is 0 Å². The highest BCUT2D eigenvalue weighted by atomic mass is 32.1. The van der Waals surface area contributed by atoms with Gasteiger partial charge in [-0.15, -0.1) is 17.7 Å². The molecule has 0 radical (unpaired) electrons. The Labute approximate surface area is 190 Å². The summed E-state index contributed by atoms with van der Waals surface area (Å²) in [6, 6.07) is 9.29. The normalized spacial score (nSPS) is 27.8. The van der Waals surface area contributed by atoms with E-state index in [1.54, 1.807) is 6.92 Å². The Bertz CT molecular complexity index is 980. The van der Waals surface area contributed by atoms with E-state index in [4.69, 9.17) is 15.5 Å². The van der Waals surface area contributed by atoms with Crippen LogP contribution < -0.4 is 5.32 Å². The van der Waals surface area contributed by atoms with Crippen LogP contribution in [0, 0.1) is 24.2 Å². The van der Waals surface area contributed by atoms with Crippen LogP contribution in [-0.2, 0) is 6.54 Å². The monoisotopic (exact) mass is 436 g/mol. The summed E-state index contributed by atoms with van der Waals surface area (Å²) in [6.45, 7) is 6.85. The topological polar surface area (TPSA) is 69.8 Å². The minimum absolute atomic E-state index is 0.331. The Morgan fingerprint density at radius 2 is 1.87 bits per heavy atom. The van der Waals surface area contributed by atoms with E-state index in [0.29, 0.717) is 29.5 Å². The number of piperidine rings is 1. The van der Waals surface area contributed by atoms with Crippen molar-refractivity contribution >= 4 is 24.3 Å². The van der Waals surface area contributed by atoms with Crippen LogP contribution >= 0.6 is 12.6 Å². The van der Waals surface area contributed by atoms with Gasteiger partial charge in [0.05, 0.1) is 5.03 Å². The average Bonchev–Trinajstić information content (AvgIpc) is 3.24. The van der Waals surface area contributed by atoms with E-state index in [1.165, 1.54) is 24.0 Å². The van der Waals surface area contributed by atoms with Gasteiger partial charge in [-0.05, 0) is 63.0 Å². The summed E-state index contributed by atoms with van der Waals surface area (Å²) in [5, 5.41) is 17.2. The van der Waals surface area contributed by atoms with Crippen LogP contribution in [0.25, 0.3) is 0 Å². The molecule has 2 aromatic rings. The second-order valence-electron chi connectivity index (χ2n) is 9.48. The number of allylic oxidation sites excluding steroid dienone is 1. The van der Waals surface area contributed by atoms with Gasteiger partial charge in [-0.1, -0.05) is 29.8 Å². The molecule has 164 valence electrons. The minimum Gasteiger partial charge on any atom is -0.366 e. The van der Waals surface area contributed by atoms with Crippen molar-refractivity contribution in [3.05, 3.63) is 52.3 Å². The maximum absolute atomic E-state index is 7.72. The predicted octanol–water partition coefficient (Wildman–Crippen LogP) is 4.45. The molecule has 6 nitrogen and oxygen atoms in total. The average molecular weight is 437 g/mol. The number of aromatic nitrogens is 3. The summed E-state index contributed by atoms with van der Waals surface area (Å²) in [6.07, 6.45) is 6.58. The number of benzene rings is 1. The van der Waals surface area contributed by atoms with Crippen LogP contribution in [0.15, 0.2) is 35.4 Å². The number of nitrogens with one attached hydrogen (secondary N) is 2. The van der Waals surface area contributed by atoms with Crippen molar-refractivity contribution in [2.75, 3.05) is 18.4 Å². The van der Waals surface area contributed by atoms with Gasteiger partial charge in [0, 0.05) is 37.3 Å². The molecule has 2 unspecified atom stereocenters. The van der Waals surface area contributed by atoms with Crippen molar-refractivity contribution in [3.8, 4) is 0 Å². The molecule has 3 heterocycles. The molecule has 1 saturated heterocycles. The van der Waals surface area contributed by atoms with Gasteiger partial charge in [0.2, 0.25) is 5.95 Å². The molecule has 2 bridgehead atoms. The van der Waals surface area contributed by atoms with Crippen molar-refractivity contribution in [1.82, 2.24) is 19.7 Å². The quantitative estimate of drug-likeness (QED) is 0.479. The van der Waals surface area contributed by atoms with Crippen LogP contribution in [0.5, 0.6) is 0 Å². The van der Waals surface area contributed by atoms with Gasteiger partial charge >= 0.3 is 0 Å². The summed E-state index contributed by atoms with van der Waals surface area (Å²) in [5.74, 6) is 3.35. The SMILES string of the molecule is CC(=N)/C=C(\S)N1CC2CC[C@@H](C1)[C@@H]2Nc1nc2n(n1)CCCC2c1ccc(C)cc1. The Morgan fingerprint density at radius 1 is 1.16 bits per heavy atom. The van der Waals surface area contributed by atoms with E-state index in [0.717, 1.165) is 49.3 Å². The lowest BCUT2D eigenvalue weighted by atomic mass is 9.91. The van der Waals surface area contributed by atoms with E-state index >= 15 is 0 Å². The fourth-order valence-electron chi connectivity index (χ4n) is 5.61. The lowest BCUT2D eigenvalue weighted by Gasteiger charge is -2.39. The maximum Gasteiger partial charge on any atom is 0.242 e. The first-order valence-corrected chi connectivity index (χ1v) is 11.9. The smallest absolute Gasteiger partial charge is 0.242 e. The number of likely N-dealkylation sites (tertiary alicyclic amines) is 1. The zero-order valence-corrected chi connectivity index (χ0v) is 19.3. The Kier molecular flexibility index (Phi) is 5.54. The van der Waals surface area contributed by atoms with Gasteiger partial charge in [0.15, 0.2) is 0 Å². The molecule has 7 heteroatoms. The largest absolute Gasteiger partial charge is 0.366 e. The van der Waals surface area contributed by atoms with Gasteiger partial charge < -0.3 is 15.6 Å². The van der Waals surface area contributed by atoms with Crippen LogP contribution in [0.3, 0.4) is 0 Å². The molecule has 0 spiro atoms. The first kappa shape index (κ1) is 20.6. The van der Waals surface area contributed by atoms with Gasteiger partial charge in [0.1, 0.15) is 5.82 Å². The first-order valence-electron chi connectivity index (χ1n) is 11.5. The predicted molar refractivity (Wildman–Crippen MR) is 128 cm³/mol. The van der Waals surface area contributed by atoms with Gasteiger partial charge in [-0.25, -0.2) is 4.68 Å². The minimum atomic E-state index is 0.331. The summed E-state index contributed by atoms with van der Waals surface area (Å²) in [4.78, 5) is 7.32. The van der Waals surface area contributed by atoms with E-state index < -0.39 is 0 Å². The number of hydrogen-bond donors (Lipinski definition) is 3. The van der Waals surface area contributed by atoms with Gasteiger partial charge in [-0.3, -0.25) is 0 Å². The molecule has 4 atom stereocenters. The van der Waals surface area contributed by atoms with Crippen molar-refractivity contribution < 1.29 is 0 Å². The van der Waals surface area contributed by atoms with E-state index in [2.05, 4.69) is 58.7 Å². The molecule has 5 rings (SSSR count). The number of rotatable bonds is 5. The Morgan fingerprint density at radius 3 is 2.55 bits per heavy atom. The molecule has 1 aromatic heterocycles. The molecule has 2 fully saturated rings. The van der Waals surface area contributed by atoms with E-state index in [1.807, 2.05) is 6.08 Å². The fraction of sp³-hybridized carbons (Fsp3) is 0.542. The summed E-state index contributed by atoms with van der Waals surface area (Å²) < 4.78 is 2.12. The Hall–Kier alpha value is -2.28. The number of nitrogens with zero attached hydrogens (tertiary/aromatic N) is 4. The van der Waals surface area contributed by atoms with Crippen LogP contribution in [0.1, 0.15) is 55.5 Å². The number of aryl methyl sites for hydroxylation is 2.